The summed E-state index contributed by atoms with van der Waals surface area (Å²) in [6.45, 7) is 4.39. The highest BCUT2D eigenvalue weighted by molar-refractivity contribution is 5.78. The fourth-order valence-electron chi connectivity index (χ4n) is 2.76. The molecule has 0 atom stereocenters. The Morgan fingerprint density at radius 2 is 1.48 bits per heavy atom. The number of hydrogen-bond donors (Lipinski definition) is 0. The largest absolute Gasteiger partial charge is 0.300 e. The molecule has 0 unspecified atom stereocenters. The van der Waals surface area contributed by atoms with Crippen LogP contribution in [0, 0.1) is 6.92 Å². The van der Waals surface area contributed by atoms with E-state index in [1.165, 1.54) is 56.1 Å². The zero-order valence-electron chi connectivity index (χ0n) is 14.0. The van der Waals surface area contributed by atoms with Gasteiger partial charge in [-0.25, -0.2) is 0 Å². The predicted molar refractivity (Wildman–Crippen MR) is 91.7 cm³/mol. The molecule has 1 nitrogen and oxygen atoms in total. The molecule has 1 aromatic rings. The SMILES string of the molecule is CCCCCCC(=O)CCCCCCc1ccccc1C. The monoisotopic (exact) mass is 288 g/mol. The third kappa shape index (κ3) is 8.70. The van der Waals surface area contributed by atoms with E-state index in [4.69, 9.17) is 0 Å². The summed E-state index contributed by atoms with van der Waals surface area (Å²) >= 11 is 0. The van der Waals surface area contributed by atoms with Crippen molar-refractivity contribution in [1.82, 2.24) is 0 Å². The van der Waals surface area contributed by atoms with Gasteiger partial charge < -0.3 is 0 Å². The molecule has 0 aliphatic rings. The van der Waals surface area contributed by atoms with Crippen LogP contribution in [0.5, 0.6) is 0 Å². The predicted octanol–water partition coefficient (Wildman–Crippen LogP) is 6.03. The van der Waals surface area contributed by atoms with Crippen LogP contribution >= 0.6 is 0 Å². The molecule has 0 aliphatic heterocycles. The number of Topliss-reactive ketones (excluding diaryl/α,β-unsaturated/α-hetero) is 1. The molecule has 0 fully saturated rings. The van der Waals surface area contributed by atoms with Crippen LogP contribution in [-0.4, -0.2) is 5.78 Å². The maximum atomic E-state index is 11.7. The van der Waals surface area contributed by atoms with E-state index in [-0.39, 0.29) is 0 Å². The quantitative estimate of drug-likeness (QED) is 0.429. The van der Waals surface area contributed by atoms with E-state index in [1.54, 1.807) is 0 Å². The number of unbranched alkanes of at least 4 members (excludes halogenated alkanes) is 6. The molecule has 0 amide bonds. The van der Waals surface area contributed by atoms with E-state index in [9.17, 15) is 4.79 Å². The van der Waals surface area contributed by atoms with E-state index in [0.717, 1.165) is 25.7 Å². The Morgan fingerprint density at radius 3 is 2.14 bits per heavy atom. The second-order valence-electron chi connectivity index (χ2n) is 6.19. The summed E-state index contributed by atoms with van der Waals surface area (Å²) in [6, 6.07) is 8.65. The van der Waals surface area contributed by atoms with Crippen LogP contribution in [0.15, 0.2) is 24.3 Å². The van der Waals surface area contributed by atoms with Crippen molar-refractivity contribution in [3.05, 3.63) is 35.4 Å². The van der Waals surface area contributed by atoms with Crippen molar-refractivity contribution in [2.75, 3.05) is 0 Å². The molecule has 1 aromatic carbocycles. The molecular weight excluding hydrogens is 256 g/mol. The summed E-state index contributed by atoms with van der Waals surface area (Å²) in [5.41, 5.74) is 2.88. The van der Waals surface area contributed by atoms with Gasteiger partial charge in [-0.2, -0.15) is 0 Å². The molecule has 0 heterocycles. The average molecular weight is 288 g/mol. The molecule has 118 valence electrons. The maximum absolute atomic E-state index is 11.7. The Morgan fingerprint density at radius 1 is 0.857 bits per heavy atom. The molecule has 21 heavy (non-hydrogen) atoms. The summed E-state index contributed by atoms with van der Waals surface area (Å²) in [4.78, 5) is 11.7. The second-order valence-corrected chi connectivity index (χ2v) is 6.19. The van der Waals surface area contributed by atoms with Crippen molar-refractivity contribution in [3.8, 4) is 0 Å². The van der Waals surface area contributed by atoms with E-state index in [0.29, 0.717) is 5.78 Å². The number of hydrogen-bond acceptors (Lipinski definition) is 1. The van der Waals surface area contributed by atoms with Gasteiger partial charge in [0.15, 0.2) is 0 Å². The second kappa shape index (κ2) is 11.5. The van der Waals surface area contributed by atoms with Crippen molar-refractivity contribution in [2.24, 2.45) is 0 Å². The molecule has 0 aromatic heterocycles. The Hall–Kier alpha value is -1.11. The van der Waals surface area contributed by atoms with Crippen molar-refractivity contribution in [2.45, 2.75) is 84.5 Å². The van der Waals surface area contributed by atoms with Gasteiger partial charge in [0.05, 0.1) is 0 Å². The summed E-state index contributed by atoms with van der Waals surface area (Å²) in [7, 11) is 0. The van der Waals surface area contributed by atoms with Crippen LogP contribution in [0.25, 0.3) is 0 Å². The number of carbonyl (C=O) groups excluding carboxylic acids is 1. The lowest BCUT2D eigenvalue weighted by molar-refractivity contribution is -0.119. The van der Waals surface area contributed by atoms with Crippen LogP contribution in [-0.2, 0) is 11.2 Å². The third-order valence-corrected chi connectivity index (χ3v) is 4.22. The Kier molecular flexibility index (Phi) is 9.86. The molecule has 1 heteroatoms. The number of ketones is 1. The molecule has 0 N–H and O–H groups in total. The van der Waals surface area contributed by atoms with Gasteiger partial charge in [-0.1, -0.05) is 63.3 Å². The van der Waals surface area contributed by atoms with Gasteiger partial charge >= 0.3 is 0 Å². The highest BCUT2D eigenvalue weighted by Gasteiger charge is 2.02. The molecule has 0 spiro atoms. The molecule has 0 radical (unpaired) electrons. The molecule has 0 aliphatic carbocycles. The number of benzene rings is 1. The highest BCUT2D eigenvalue weighted by atomic mass is 16.1. The van der Waals surface area contributed by atoms with Gasteiger partial charge in [-0.15, -0.1) is 0 Å². The molecule has 0 saturated carbocycles. The van der Waals surface area contributed by atoms with E-state index in [2.05, 4.69) is 38.1 Å². The Bertz CT molecular complexity index is 395. The van der Waals surface area contributed by atoms with Gasteiger partial charge in [0.1, 0.15) is 5.78 Å². The summed E-state index contributed by atoms with van der Waals surface area (Å²) < 4.78 is 0. The Balaban J connectivity index is 1.97. The lowest BCUT2D eigenvalue weighted by atomic mass is 10.0. The van der Waals surface area contributed by atoms with Crippen molar-refractivity contribution < 1.29 is 4.79 Å². The maximum Gasteiger partial charge on any atom is 0.132 e. The van der Waals surface area contributed by atoms with Gasteiger partial charge in [0, 0.05) is 12.8 Å². The minimum atomic E-state index is 0.477. The van der Waals surface area contributed by atoms with Crippen LogP contribution in [0.4, 0.5) is 0 Å². The summed E-state index contributed by atoms with van der Waals surface area (Å²) in [6.07, 6.45) is 12.4. The molecule has 1 rings (SSSR count). The highest BCUT2D eigenvalue weighted by Crippen LogP contribution is 2.13. The first-order chi connectivity index (χ1) is 10.2. The van der Waals surface area contributed by atoms with Gasteiger partial charge in [-0.05, 0) is 43.7 Å². The topological polar surface area (TPSA) is 17.1 Å². The van der Waals surface area contributed by atoms with E-state index < -0.39 is 0 Å². The van der Waals surface area contributed by atoms with Crippen LogP contribution in [0.3, 0.4) is 0 Å². The zero-order valence-corrected chi connectivity index (χ0v) is 14.0. The fraction of sp³-hybridized carbons (Fsp3) is 0.650. The lowest BCUT2D eigenvalue weighted by Gasteiger charge is -2.05. The fourth-order valence-corrected chi connectivity index (χ4v) is 2.76. The molecular formula is C20H32O. The van der Waals surface area contributed by atoms with E-state index in [1.807, 2.05) is 0 Å². The first-order valence-corrected chi connectivity index (χ1v) is 8.80. The standard InChI is InChI=1S/C20H32O/c1-3-4-5-9-16-20(21)17-10-7-6-8-14-19-15-12-11-13-18(19)2/h11-13,15H,3-10,14,16-17H2,1-2H3. The number of rotatable bonds is 12. The number of aryl methyl sites for hydroxylation is 2. The van der Waals surface area contributed by atoms with Crippen LogP contribution in [0.1, 0.15) is 82.3 Å². The van der Waals surface area contributed by atoms with Crippen LogP contribution < -0.4 is 0 Å². The first kappa shape index (κ1) is 17.9. The van der Waals surface area contributed by atoms with E-state index >= 15 is 0 Å². The average Bonchev–Trinajstić information content (AvgIpc) is 2.49. The van der Waals surface area contributed by atoms with Gasteiger partial charge in [0.2, 0.25) is 0 Å². The molecule has 0 saturated heterocycles. The Labute approximate surface area is 131 Å². The number of carbonyl (C=O) groups is 1. The van der Waals surface area contributed by atoms with Crippen molar-refractivity contribution in [1.29, 1.82) is 0 Å². The van der Waals surface area contributed by atoms with Crippen molar-refractivity contribution >= 4 is 5.78 Å². The summed E-state index contributed by atoms with van der Waals surface area (Å²) in [5, 5.41) is 0. The zero-order chi connectivity index (χ0) is 15.3. The van der Waals surface area contributed by atoms with Gasteiger partial charge in [-0.3, -0.25) is 4.79 Å². The molecule has 0 bridgehead atoms. The van der Waals surface area contributed by atoms with Crippen LogP contribution in [0.2, 0.25) is 0 Å². The van der Waals surface area contributed by atoms with Crippen molar-refractivity contribution in [3.63, 3.8) is 0 Å². The summed E-state index contributed by atoms with van der Waals surface area (Å²) in [5.74, 6) is 0.477. The lowest BCUT2D eigenvalue weighted by Crippen LogP contribution is -1.97. The smallest absolute Gasteiger partial charge is 0.132 e. The third-order valence-electron chi connectivity index (χ3n) is 4.22. The minimum Gasteiger partial charge on any atom is -0.300 e. The first-order valence-electron chi connectivity index (χ1n) is 8.80. The normalized spacial score (nSPS) is 10.8. The minimum absolute atomic E-state index is 0.477. The van der Waals surface area contributed by atoms with Gasteiger partial charge in [0.25, 0.3) is 0 Å².